The van der Waals surface area contributed by atoms with Gasteiger partial charge in [-0.3, -0.25) is 4.90 Å². The van der Waals surface area contributed by atoms with Crippen LogP contribution in [0, 0.1) is 0 Å². The van der Waals surface area contributed by atoms with E-state index >= 15 is 0 Å². The third kappa shape index (κ3) is 3.53. The van der Waals surface area contributed by atoms with Crippen LogP contribution in [-0.2, 0) is 6.54 Å². The summed E-state index contributed by atoms with van der Waals surface area (Å²) in [6.07, 6.45) is 1.14. The zero-order chi connectivity index (χ0) is 12.1. The number of aliphatic hydroxyl groups is 1. The van der Waals surface area contributed by atoms with Crippen molar-refractivity contribution in [3.63, 3.8) is 0 Å². The predicted molar refractivity (Wildman–Crippen MR) is 69.8 cm³/mol. The molecule has 0 aromatic heterocycles. The molecule has 1 heterocycles. The first kappa shape index (κ1) is 12.6. The highest BCUT2D eigenvalue weighted by Crippen LogP contribution is 2.13. The van der Waals surface area contributed by atoms with Gasteiger partial charge in [-0.2, -0.15) is 0 Å². The zero-order valence-corrected chi connectivity index (χ0v) is 10.5. The summed E-state index contributed by atoms with van der Waals surface area (Å²) in [5.74, 6) is 0. The average molecular weight is 234 g/mol. The summed E-state index contributed by atoms with van der Waals surface area (Å²) in [4.78, 5) is 2.45. The average Bonchev–Trinajstić information content (AvgIpc) is 2.53. The molecule has 3 nitrogen and oxygen atoms in total. The van der Waals surface area contributed by atoms with Gasteiger partial charge in [0.2, 0.25) is 0 Å². The van der Waals surface area contributed by atoms with Gasteiger partial charge in [0.25, 0.3) is 0 Å². The van der Waals surface area contributed by atoms with Crippen LogP contribution >= 0.6 is 0 Å². The smallest absolute Gasteiger partial charge is 0.0597 e. The molecule has 1 saturated heterocycles. The number of hydrogen-bond acceptors (Lipinski definition) is 3. The second kappa shape index (κ2) is 6.15. The predicted octanol–water partition coefficient (Wildman–Crippen LogP) is 1.23. The second-order valence-corrected chi connectivity index (χ2v) is 4.89. The molecule has 0 amide bonds. The third-order valence-electron chi connectivity index (χ3n) is 3.52. The van der Waals surface area contributed by atoms with Crippen LogP contribution in [-0.4, -0.2) is 41.8 Å². The van der Waals surface area contributed by atoms with Crippen molar-refractivity contribution in [2.45, 2.75) is 32.0 Å². The van der Waals surface area contributed by atoms with Crippen LogP contribution in [0.2, 0.25) is 0 Å². The monoisotopic (exact) mass is 234 g/mol. The van der Waals surface area contributed by atoms with Crippen molar-refractivity contribution in [1.29, 1.82) is 0 Å². The molecule has 2 N–H and O–H groups in total. The SMILES string of the molecule is CC1CCNC(CO)CN1Cc1ccccc1. The Morgan fingerprint density at radius 2 is 2.12 bits per heavy atom. The molecule has 0 spiro atoms. The topological polar surface area (TPSA) is 35.5 Å². The minimum atomic E-state index is 0.212. The highest BCUT2D eigenvalue weighted by molar-refractivity contribution is 5.14. The molecular weight excluding hydrogens is 212 g/mol. The van der Waals surface area contributed by atoms with Gasteiger partial charge in [0.05, 0.1) is 6.61 Å². The maximum Gasteiger partial charge on any atom is 0.0597 e. The molecule has 0 aliphatic carbocycles. The van der Waals surface area contributed by atoms with Crippen LogP contribution in [0.3, 0.4) is 0 Å². The van der Waals surface area contributed by atoms with E-state index in [0.717, 1.165) is 26.1 Å². The molecule has 1 aliphatic rings. The Morgan fingerprint density at radius 1 is 1.35 bits per heavy atom. The summed E-state index contributed by atoms with van der Waals surface area (Å²) >= 11 is 0. The Bertz CT molecular complexity index is 328. The fraction of sp³-hybridized carbons (Fsp3) is 0.571. The molecule has 17 heavy (non-hydrogen) atoms. The number of hydrogen-bond donors (Lipinski definition) is 2. The van der Waals surface area contributed by atoms with E-state index in [-0.39, 0.29) is 12.6 Å². The van der Waals surface area contributed by atoms with Crippen molar-refractivity contribution in [2.75, 3.05) is 19.7 Å². The molecule has 0 saturated carbocycles. The van der Waals surface area contributed by atoms with Gasteiger partial charge < -0.3 is 10.4 Å². The van der Waals surface area contributed by atoms with E-state index in [1.165, 1.54) is 5.56 Å². The first-order chi connectivity index (χ1) is 8.29. The quantitative estimate of drug-likeness (QED) is 0.826. The number of nitrogens with one attached hydrogen (secondary N) is 1. The molecule has 0 radical (unpaired) electrons. The van der Waals surface area contributed by atoms with Gasteiger partial charge in [-0.25, -0.2) is 0 Å². The van der Waals surface area contributed by atoms with Gasteiger partial charge in [-0.15, -0.1) is 0 Å². The summed E-state index contributed by atoms with van der Waals surface area (Å²) in [6, 6.07) is 11.3. The van der Waals surface area contributed by atoms with Crippen molar-refractivity contribution in [3.05, 3.63) is 35.9 Å². The lowest BCUT2D eigenvalue weighted by Gasteiger charge is -2.28. The fourth-order valence-electron chi connectivity index (χ4n) is 2.37. The van der Waals surface area contributed by atoms with Crippen LogP contribution in [0.25, 0.3) is 0 Å². The highest BCUT2D eigenvalue weighted by atomic mass is 16.3. The van der Waals surface area contributed by atoms with Crippen LogP contribution in [0.5, 0.6) is 0 Å². The van der Waals surface area contributed by atoms with Crippen LogP contribution in [0.15, 0.2) is 30.3 Å². The Labute approximate surface area is 103 Å². The van der Waals surface area contributed by atoms with E-state index in [4.69, 9.17) is 0 Å². The summed E-state index contributed by atoms with van der Waals surface area (Å²) in [5.41, 5.74) is 1.35. The minimum absolute atomic E-state index is 0.212. The van der Waals surface area contributed by atoms with Crippen molar-refractivity contribution >= 4 is 0 Å². The lowest BCUT2D eigenvalue weighted by molar-refractivity contribution is 0.165. The van der Waals surface area contributed by atoms with Crippen LogP contribution in [0.4, 0.5) is 0 Å². The molecule has 2 rings (SSSR count). The molecule has 0 bridgehead atoms. The Hall–Kier alpha value is -0.900. The third-order valence-corrected chi connectivity index (χ3v) is 3.52. The Kier molecular flexibility index (Phi) is 4.54. The lowest BCUT2D eigenvalue weighted by Crippen LogP contribution is -2.41. The zero-order valence-electron chi connectivity index (χ0n) is 10.5. The minimum Gasteiger partial charge on any atom is -0.395 e. The number of nitrogens with zero attached hydrogens (tertiary/aromatic N) is 1. The van der Waals surface area contributed by atoms with Crippen molar-refractivity contribution < 1.29 is 5.11 Å². The largest absolute Gasteiger partial charge is 0.395 e. The summed E-state index contributed by atoms with van der Waals surface area (Å²) in [7, 11) is 0. The second-order valence-electron chi connectivity index (χ2n) is 4.89. The maximum atomic E-state index is 9.30. The molecule has 94 valence electrons. The van der Waals surface area contributed by atoms with Gasteiger partial charge in [0.15, 0.2) is 0 Å². The maximum absolute atomic E-state index is 9.30. The molecule has 3 heteroatoms. The van der Waals surface area contributed by atoms with Crippen molar-refractivity contribution in [1.82, 2.24) is 10.2 Å². The van der Waals surface area contributed by atoms with E-state index in [9.17, 15) is 5.11 Å². The highest BCUT2D eigenvalue weighted by Gasteiger charge is 2.22. The standard InChI is InChI=1S/C14H22N2O/c1-12-7-8-15-14(11-17)10-16(12)9-13-5-3-2-4-6-13/h2-6,12,14-15,17H,7-11H2,1H3. The molecular formula is C14H22N2O. The fourth-order valence-corrected chi connectivity index (χ4v) is 2.37. The Morgan fingerprint density at radius 3 is 2.82 bits per heavy atom. The van der Waals surface area contributed by atoms with Crippen LogP contribution in [0.1, 0.15) is 18.9 Å². The molecule has 2 unspecified atom stereocenters. The van der Waals surface area contributed by atoms with Crippen molar-refractivity contribution in [2.24, 2.45) is 0 Å². The molecule has 2 atom stereocenters. The molecule has 1 aromatic carbocycles. The first-order valence-corrected chi connectivity index (χ1v) is 6.42. The lowest BCUT2D eigenvalue weighted by atomic mass is 10.1. The van der Waals surface area contributed by atoms with E-state index in [1.54, 1.807) is 0 Å². The van der Waals surface area contributed by atoms with E-state index in [0.29, 0.717) is 6.04 Å². The first-order valence-electron chi connectivity index (χ1n) is 6.42. The normalized spacial score (nSPS) is 26.7. The van der Waals surface area contributed by atoms with Crippen molar-refractivity contribution in [3.8, 4) is 0 Å². The van der Waals surface area contributed by atoms with Gasteiger partial charge >= 0.3 is 0 Å². The number of benzene rings is 1. The van der Waals surface area contributed by atoms with E-state index in [1.807, 2.05) is 6.07 Å². The molecule has 1 aliphatic heterocycles. The summed E-state index contributed by atoms with van der Waals surface area (Å²) < 4.78 is 0. The number of aliphatic hydroxyl groups excluding tert-OH is 1. The molecule has 1 aromatic rings. The summed E-state index contributed by atoms with van der Waals surface area (Å²) in [5, 5.41) is 12.7. The van der Waals surface area contributed by atoms with Gasteiger partial charge in [-0.1, -0.05) is 30.3 Å². The molecule has 1 fully saturated rings. The van der Waals surface area contributed by atoms with Crippen LogP contribution < -0.4 is 5.32 Å². The van der Waals surface area contributed by atoms with Gasteiger partial charge in [0, 0.05) is 25.2 Å². The number of rotatable bonds is 3. The summed E-state index contributed by atoms with van der Waals surface area (Å²) in [6.45, 7) is 5.38. The van der Waals surface area contributed by atoms with E-state index < -0.39 is 0 Å². The van der Waals surface area contributed by atoms with Gasteiger partial charge in [0.1, 0.15) is 0 Å². The van der Waals surface area contributed by atoms with Gasteiger partial charge in [-0.05, 0) is 25.5 Å². The van der Waals surface area contributed by atoms with E-state index in [2.05, 4.69) is 41.4 Å². The Balaban J connectivity index is 2.01.